The van der Waals surface area contributed by atoms with Crippen molar-refractivity contribution < 1.29 is 18.5 Å². The van der Waals surface area contributed by atoms with E-state index in [2.05, 4.69) is 255 Å². The third-order valence-corrected chi connectivity index (χ3v) is 22.9. The lowest BCUT2D eigenvalue weighted by Gasteiger charge is -2.22. The zero-order chi connectivity index (χ0) is 75.3. The van der Waals surface area contributed by atoms with Crippen LogP contribution in [0.3, 0.4) is 0 Å². The number of benzene rings is 2. The van der Waals surface area contributed by atoms with Gasteiger partial charge in [-0.05, 0) is 253 Å². The number of unbranched alkanes of at least 4 members (excludes halogenated alkanes) is 4. The summed E-state index contributed by atoms with van der Waals surface area (Å²) in [6.45, 7) is 55.0. The molecule has 3 unspecified atom stereocenters. The number of carbonyl (C=O) groups is 2. The molecule has 0 radical (unpaired) electrons. The molecule has 0 bridgehead atoms. The molecule has 3 atom stereocenters. The lowest BCUT2D eigenvalue weighted by molar-refractivity contribution is -0.139. The van der Waals surface area contributed by atoms with Gasteiger partial charge >= 0.3 is 5.97 Å². The number of rotatable bonds is 32. The highest BCUT2D eigenvalue weighted by molar-refractivity contribution is 8.01. The normalized spacial score (nSPS) is 15.2. The number of aliphatic imine (C=N–C) groups is 1. The standard InChI is InChI=1S/2C13H20S.C10H17N.C10H20OS.2C9H20S.C8H16O2S.C7H14OS.C5H12S/c2*1-13(2,3)10-7-11-14-12-8-5-4-6-9-12;1-10(2,3)7-6-9-5-4-8-11-9;1-10(2,3)7-9-5-6-12(4,11)8-9;1-8(7-10-5)6-9(2,3)4;1-9(2,3)7-5-6-8-10-4;1-3-5-6-11-7-8(9)10-4-2;1-3-4-5-9-6-7(2)8;1-3-4-5-6-2/h2*4-6,8-9H,7,10-11H2,1-3H3;4-5H,6-8H2,1-3H3;9H,4-8H2,1-3H3;8H,6-7H2,1-5H3;5-8H2,1-4H3;3-7H2,1-2H3;3-6H2,1-2H3;3-5H2,1-2H3. The van der Waals surface area contributed by atoms with Gasteiger partial charge in [-0.15, -0.1) is 23.5 Å². The maximum Gasteiger partial charge on any atom is 0.315 e. The number of carbonyl (C=O) groups excluding carboxylic acids is 2. The van der Waals surface area contributed by atoms with Crippen LogP contribution in [0.1, 0.15) is 282 Å². The molecule has 0 spiro atoms. The van der Waals surface area contributed by atoms with Crippen molar-refractivity contribution in [1.29, 1.82) is 0 Å². The molecule has 572 valence electrons. The smallest absolute Gasteiger partial charge is 0.315 e. The highest BCUT2D eigenvalue weighted by Gasteiger charge is 2.27. The molecule has 1 fully saturated rings. The van der Waals surface area contributed by atoms with Gasteiger partial charge in [0.05, 0.1) is 24.7 Å². The van der Waals surface area contributed by atoms with Gasteiger partial charge in [0.15, 0.2) is 0 Å². The Morgan fingerprint density at radius 3 is 1.33 bits per heavy atom. The van der Waals surface area contributed by atoms with Crippen LogP contribution in [0.15, 0.2) is 87.6 Å². The topological polar surface area (TPSA) is 72.8 Å². The summed E-state index contributed by atoms with van der Waals surface area (Å²) in [5, 5.41) is 0. The number of nitrogens with zero attached hydrogens (tertiary/aromatic N) is 1. The molecular weight excluding hydrogens is 1340 g/mol. The first-order valence-electron chi connectivity index (χ1n) is 37.2. The number of ether oxygens (including phenoxy) is 1. The van der Waals surface area contributed by atoms with Crippen LogP contribution in [0.5, 0.6) is 0 Å². The summed E-state index contributed by atoms with van der Waals surface area (Å²) < 4.78 is 16.3. The molecule has 0 amide bonds. The second kappa shape index (κ2) is 65.0. The van der Waals surface area contributed by atoms with E-state index in [1.807, 2.05) is 65.7 Å². The van der Waals surface area contributed by atoms with Gasteiger partial charge in [-0.25, -0.2) is 0 Å². The van der Waals surface area contributed by atoms with Gasteiger partial charge in [0.25, 0.3) is 0 Å². The molecule has 4 rings (SSSR count). The van der Waals surface area contributed by atoms with Crippen molar-refractivity contribution in [1.82, 2.24) is 0 Å². The van der Waals surface area contributed by atoms with Crippen LogP contribution in [-0.4, -0.2) is 123 Å². The average Bonchev–Trinajstić information content (AvgIpc) is 1.73. The molecule has 97 heavy (non-hydrogen) atoms. The highest BCUT2D eigenvalue weighted by atomic mass is 32.2. The van der Waals surface area contributed by atoms with E-state index >= 15 is 0 Å². The maximum absolute atomic E-state index is 11.6. The first-order valence-corrected chi connectivity index (χ1v) is 47.7. The second-order valence-corrected chi connectivity index (χ2v) is 43.3. The van der Waals surface area contributed by atoms with Crippen LogP contribution >= 0.6 is 82.3 Å². The molecule has 2 aliphatic rings. The Kier molecular flexibility index (Phi) is 70.4. The molecule has 0 aliphatic carbocycles. The number of allylic oxidation sites excluding steroid dienone is 1. The first-order chi connectivity index (χ1) is 45.0. The van der Waals surface area contributed by atoms with Gasteiger partial charge in [0.2, 0.25) is 0 Å². The number of thioether (sulfide) groups is 7. The summed E-state index contributed by atoms with van der Waals surface area (Å²) in [5.74, 6) is 17.1. The summed E-state index contributed by atoms with van der Waals surface area (Å²) in [5.41, 5.74) is 4.12. The van der Waals surface area contributed by atoms with Crippen LogP contribution in [0, 0.1) is 44.3 Å². The first kappa shape index (κ1) is 105. The minimum atomic E-state index is -1.67. The van der Waals surface area contributed by atoms with Crippen LogP contribution in [0.4, 0.5) is 0 Å². The Hall–Kier alpha value is -0.540. The van der Waals surface area contributed by atoms with Crippen molar-refractivity contribution in [3.8, 4) is 0 Å². The van der Waals surface area contributed by atoms with E-state index in [4.69, 9.17) is 4.74 Å². The molecule has 5 nitrogen and oxygen atoms in total. The Morgan fingerprint density at radius 2 is 0.990 bits per heavy atom. The Bertz CT molecular complexity index is 2170. The minimum absolute atomic E-state index is 0.0893. The van der Waals surface area contributed by atoms with Crippen molar-refractivity contribution in [2.75, 3.05) is 95.2 Å². The molecule has 2 aliphatic heterocycles. The van der Waals surface area contributed by atoms with Gasteiger partial charge in [-0.2, -0.15) is 58.8 Å². The van der Waals surface area contributed by atoms with Crippen molar-refractivity contribution >= 4 is 115 Å². The molecule has 0 saturated carbocycles. The van der Waals surface area contributed by atoms with E-state index in [0.717, 1.165) is 48.3 Å². The van der Waals surface area contributed by atoms with Crippen LogP contribution in [0.25, 0.3) is 0 Å². The lowest BCUT2D eigenvalue weighted by atomic mass is 9.84. The summed E-state index contributed by atoms with van der Waals surface area (Å²) in [6.07, 6.45) is 33.7. The molecular formula is C84H159NO4S8. The third kappa shape index (κ3) is 95.5. The van der Waals surface area contributed by atoms with Crippen molar-refractivity contribution in [3.63, 3.8) is 0 Å². The van der Waals surface area contributed by atoms with Crippen LogP contribution in [0.2, 0.25) is 0 Å². The molecule has 0 N–H and O–H groups in total. The summed E-state index contributed by atoms with van der Waals surface area (Å²) in [7, 11) is -1.67. The van der Waals surface area contributed by atoms with Gasteiger partial charge in [0.1, 0.15) is 5.78 Å². The predicted octanol–water partition coefficient (Wildman–Crippen LogP) is 27.5. The van der Waals surface area contributed by atoms with Gasteiger partial charge in [0, 0.05) is 27.0 Å². The van der Waals surface area contributed by atoms with E-state index in [-0.39, 0.29) is 11.8 Å². The SMILES string of the molecule is C=S1(=O)CCC(CC(C)(C)C)C1.CC(C)(C)CCC1=NCC=C1.CC(C)(C)CCCSc1ccccc1.CC(C)(C)CCCSc1ccccc1.CCCCSC.CCCCSCC(=O)OCC.CCCCSCC(C)=O.CSCC(C)CC(C)(C)C.CSCCCCC(C)(C)C. The fourth-order valence-corrected chi connectivity index (χ4v) is 16.7. The molecule has 2 heterocycles. The number of ketones is 1. The number of hydrogen-bond donors (Lipinski definition) is 0. The van der Waals surface area contributed by atoms with E-state index in [9.17, 15) is 13.8 Å². The minimum Gasteiger partial charge on any atom is -0.465 e. The highest BCUT2D eigenvalue weighted by Crippen LogP contribution is 2.32. The summed E-state index contributed by atoms with van der Waals surface area (Å²) >= 11 is 13.1. The number of hydrogen-bond acceptors (Lipinski definition) is 12. The van der Waals surface area contributed by atoms with Gasteiger partial charge < -0.3 is 4.74 Å². The lowest BCUT2D eigenvalue weighted by Crippen LogP contribution is -2.14. The predicted molar refractivity (Wildman–Crippen MR) is 467 cm³/mol. The third-order valence-electron chi connectivity index (χ3n) is 14.1. The zero-order valence-corrected chi connectivity index (χ0v) is 75.1. The van der Waals surface area contributed by atoms with Crippen LogP contribution < -0.4 is 0 Å². The average molecular weight is 1500 g/mol. The Morgan fingerprint density at radius 1 is 0.557 bits per heavy atom. The van der Waals surface area contributed by atoms with Gasteiger partial charge in [-0.3, -0.25) is 18.8 Å². The van der Waals surface area contributed by atoms with Crippen molar-refractivity contribution in [2.24, 2.45) is 49.3 Å². The fourth-order valence-electron chi connectivity index (χ4n) is 9.35. The monoisotopic (exact) mass is 1500 g/mol. The quantitative estimate of drug-likeness (QED) is 0.0304. The molecule has 2 aromatic carbocycles. The molecule has 13 heteroatoms. The maximum atomic E-state index is 11.6. The molecule has 2 aromatic rings. The fraction of sp³-hybridized carbons (Fsp3) is 0.786. The van der Waals surface area contributed by atoms with Gasteiger partial charge in [-0.1, -0.05) is 220 Å². The van der Waals surface area contributed by atoms with Crippen molar-refractivity contribution in [2.45, 2.75) is 292 Å². The number of esters is 1. The number of Topliss-reactive ketones (excluding diaryl/α,β-unsaturated/α-hetero) is 1. The molecule has 0 aromatic heterocycles. The Balaban J connectivity index is -0.000000330. The second-order valence-electron chi connectivity index (χ2n) is 33.2. The molecule has 1 saturated heterocycles. The van der Waals surface area contributed by atoms with Crippen molar-refractivity contribution in [3.05, 3.63) is 72.8 Å². The van der Waals surface area contributed by atoms with E-state index in [1.165, 1.54) is 147 Å². The summed E-state index contributed by atoms with van der Waals surface area (Å²) in [6, 6.07) is 21.3. The van der Waals surface area contributed by atoms with Crippen LogP contribution in [-0.2, 0) is 23.8 Å². The zero-order valence-electron chi connectivity index (χ0n) is 68.6. The van der Waals surface area contributed by atoms with E-state index in [1.54, 1.807) is 30.4 Å². The van der Waals surface area contributed by atoms with E-state index in [0.29, 0.717) is 56.5 Å². The largest absolute Gasteiger partial charge is 0.465 e. The summed E-state index contributed by atoms with van der Waals surface area (Å²) in [4.78, 5) is 28.3. The Labute approximate surface area is 637 Å². The van der Waals surface area contributed by atoms with E-state index < -0.39 is 9.52 Å².